The largest absolute Gasteiger partial charge is 0.396 e. The number of nitrogens with zero attached hydrogens (tertiary/aromatic N) is 3. The second-order valence-electron chi connectivity index (χ2n) is 11.5. The van der Waals surface area contributed by atoms with Gasteiger partial charge in [0.2, 0.25) is 17.7 Å². The number of carbonyl (C=O) groups is 3. The third-order valence-corrected chi connectivity index (χ3v) is 9.99. The molecule has 0 aromatic rings. The van der Waals surface area contributed by atoms with Crippen LogP contribution in [-0.2, 0) is 14.4 Å². The number of thioether (sulfide) groups is 1. The quantitative estimate of drug-likeness (QED) is 0.345. The number of fused-ring (bicyclic) bond motifs is 1. The molecule has 3 rings (SSSR count). The number of aliphatic hydroxyl groups excluding tert-OH is 1. The Morgan fingerprint density at radius 1 is 1.14 bits per heavy atom. The molecule has 0 aromatic carbocycles. The van der Waals surface area contributed by atoms with Crippen molar-refractivity contribution in [1.82, 2.24) is 14.7 Å². The van der Waals surface area contributed by atoms with E-state index >= 15 is 0 Å². The van der Waals surface area contributed by atoms with E-state index in [2.05, 4.69) is 20.1 Å². The van der Waals surface area contributed by atoms with Gasteiger partial charge in [0.25, 0.3) is 0 Å². The number of hydrogen-bond donors (Lipinski definition) is 1. The van der Waals surface area contributed by atoms with Crippen LogP contribution in [0.3, 0.4) is 0 Å². The predicted octanol–water partition coefficient (Wildman–Crippen LogP) is 3.09. The van der Waals surface area contributed by atoms with Crippen LogP contribution < -0.4 is 0 Å². The summed E-state index contributed by atoms with van der Waals surface area (Å²) in [5, 5.41) is 9.20. The fourth-order valence-electron chi connectivity index (χ4n) is 6.38. The first-order valence-corrected chi connectivity index (χ1v) is 13.6. The molecule has 0 aromatic heterocycles. The Balaban J connectivity index is 2.06. The van der Waals surface area contributed by atoms with Crippen LogP contribution in [0, 0.1) is 11.8 Å². The molecule has 0 radical (unpaired) electrons. The Bertz CT molecular complexity index is 871. The average Bonchev–Trinajstić information content (AvgIpc) is 3.34. The van der Waals surface area contributed by atoms with Crippen LogP contribution in [0.5, 0.6) is 0 Å². The Labute approximate surface area is 215 Å². The Kier molecular flexibility index (Phi) is 8.17. The molecule has 1 spiro atoms. The zero-order valence-electron chi connectivity index (χ0n) is 22.1. The van der Waals surface area contributed by atoms with Crippen molar-refractivity contribution in [1.29, 1.82) is 0 Å². The van der Waals surface area contributed by atoms with Gasteiger partial charge in [0.1, 0.15) is 6.04 Å². The number of rotatable bonds is 11. The molecule has 0 saturated carbocycles. The highest BCUT2D eigenvalue weighted by Crippen LogP contribution is 2.71. The summed E-state index contributed by atoms with van der Waals surface area (Å²) in [5.41, 5.74) is -0.434. The van der Waals surface area contributed by atoms with Crippen LogP contribution in [0.2, 0.25) is 0 Å². The number of unbranched alkanes of at least 4 members (excludes halogenated alkanes) is 2. The van der Waals surface area contributed by atoms with Crippen LogP contribution >= 0.6 is 11.8 Å². The summed E-state index contributed by atoms with van der Waals surface area (Å²) in [6.07, 6.45) is 7.14. The highest BCUT2D eigenvalue weighted by Gasteiger charge is 2.77. The van der Waals surface area contributed by atoms with E-state index in [1.54, 1.807) is 40.8 Å². The predicted molar refractivity (Wildman–Crippen MR) is 141 cm³/mol. The summed E-state index contributed by atoms with van der Waals surface area (Å²) in [6, 6.07) is -0.609. The molecule has 7 nitrogen and oxygen atoms in total. The van der Waals surface area contributed by atoms with Crippen LogP contribution in [0.25, 0.3) is 0 Å². The van der Waals surface area contributed by atoms with Crippen molar-refractivity contribution in [3.05, 3.63) is 25.3 Å². The van der Waals surface area contributed by atoms with Gasteiger partial charge in [-0.15, -0.1) is 24.9 Å². The van der Waals surface area contributed by atoms with Gasteiger partial charge in [-0.1, -0.05) is 12.2 Å². The van der Waals surface area contributed by atoms with Gasteiger partial charge in [-0.2, -0.15) is 0 Å². The molecule has 1 N–H and O–H groups in total. The summed E-state index contributed by atoms with van der Waals surface area (Å²) < 4.78 is -0.987. The van der Waals surface area contributed by atoms with E-state index in [0.29, 0.717) is 32.5 Å². The van der Waals surface area contributed by atoms with Crippen LogP contribution in [0.4, 0.5) is 0 Å². The fraction of sp³-hybridized carbons (Fsp3) is 0.741. The molecule has 196 valence electrons. The van der Waals surface area contributed by atoms with Gasteiger partial charge in [0, 0.05) is 43.6 Å². The normalized spacial score (nSPS) is 31.4. The zero-order chi connectivity index (χ0) is 26.2. The van der Waals surface area contributed by atoms with Crippen molar-refractivity contribution < 1.29 is 19.5 Å². The first-order chi connectivity index (χ1) is 16.4. The van der Waals surface area contributed by atoms with Gasteiger partial charge >= 0.3 is 0 Å². The molecule has 3 heterocycles. The minimum atomic E-state index is -0.611. The highest BCUT2D eigenvalue weighted by atomic mass is 32.2. The fourth-order valence-corrected chi connectivity index (χ4v) is 8.73. The van der Waals surface area contributed by atoms with E-state index in [-0.39, 0.29) is 29.1 Å². The summed E-state index contributed by atoms with van der Waals surface area (Å²) >= 11 is 1.71. The van der Waals surface area contributed by atoms with Crippen LogP contribution in [-0.4, -0.2) is 91.9 Å². The molecule has 2 bridgehead atoms. The van der Waals surface area contributed by atoms with Crippen molar-refractivity contribution >= 4 is 29.5 Å². The number of amides is 3. The van der Waals surface area contributed by atoms with E-state index in [1.165, 1.54) is 0 Å². The van der Waals surface area contributed by atoms with Crippen LogP contribution in [0.1, 0.15) is 59.8 Å². The maximum absolute atomic E-state index is 14.3. The molecular formula is C27H43N3O4S. The number of hydrogen-bond acceptors (Lipinski definition) is 5. The minimum Gasteiger partial charge on any atom is -0.396 e. The summed E-state index contributed by atoms with van der Waals surface area (Å²) in [6.45, 7) is 17.1. The summed E-state index contributed by atoms with van der Waals surface area (Å²) in [4.78, 5) is 47.3. The molecule has 35 heavy (non-hydrogen) atoms. The molecule has 3 saturated heterocycles. The highest BCUT2D eigenvalue weighted by molar-refractivity contribution is 8.02. The molecule has 3 amide bonds. The lowest BCUT2D eigenvalue weighted by Gasteiger charge is -2.42. The second kappa shape index (κ2) is 10.3. The lowest BCUT2D eigenvalue weighted by Crippen LogP contribution is -2.58. The molecule has 0 aliphatic carbocycles. The third kappa shape index (κ3) is 4.68. The maximum Gasteiger partial charge on any atom is 0.247 e. The van der Waals surface area contributed by atoms with E-state index in [9.17, 15) is 19.5 Å². The van der Waals surface area contributed by atoms with Gasteiger partial charge in [0.05, 0.1) is 16.6 Å². The third-order valence-electron chi connectivity index (χ3n) is 8.00. The number of likely N-dealkylation sites (tertiary alicyclic amines) is 1. The average molecular weight is 506 g/mol. The summed E-state index contributed by atoms with van der Waals surface area (Å²) in [7, 11) is 1.76. The van der Waals surface area contributed by atoms with Gasteiger partial charge in [-0.3, -0.25) is 14.4 Å². The Hall–Kier alpha value is -1.80. The van der Waals surface area contributed by atoms with Crippen molar-refractivity contribution in [2.75, 3.05) is 33.3 Å². The topological polar surface area (TPSA) is 81.2 Å². The van der Waals surface area contributed by atoms with Crippen molar-refractivity contribution in [3.63, 3.8) is 0 Å². The molecule has 2 unspecified atom stereocenters. The standard InChI is InChI=1S/C27H43N3O4S/c1-8-15-28(7)22(32)19-20-23(33)29(17-11-10-12-18-31)21(27(20)14-13-26(19,6)35-27)24(34)30(16-9-2)25(3,4)5/h8-9,19-21,31H,1-2,10-18H2,3-7H3/t19-,20+,21?,26+,27?/m1/s1. The zero-order valence-corrected chi connectivity index (χ0v) is 22.9. The van der Waals surface area contributed by atoms with Gasteiger partial charge < -0.3 is 19.8 Å². The van der Waals surface area contributed by atoms with Crippen molar-refractivity contribution in [2.24, 2.45) is 11.8 Å². The Morgan fingerprint density at radius 2 is 1.80 bits per heavy atom. The van der Waals surface area contributed by atoms with E-state index in [1.807, 2.05) is 25.7 Å². The Morgan fingerprint density at radius 3 is 2.37 bits per heavy atom. The molecule has 3 aliphatic heterocycles. The summed E-state index contributed by atoms with van der Waals surface area (Å²) in [5.74, 6) is -1.13. The van der Waals surface area contributed by atoms with Gasteiger partial charge in [0.15, 0.2) is 0 Å². The monoisotopic (exact) mass is 505 g/mol. The molecule has 3 fully saturated rings. The van der Waals surface area contributed by atoms with E-state index in [0.717, 1.165) is 19.3 Å². The van der Waals surface area contributed by atoms with Crippen LogP contribution in [0.15, 0.2) is 25.3 Å². The lowest BCUT2D eigenvalue weighted by atomic mass is 9.66. The molecule has 5 atom stereocenters. The number of carbonyl (C=O) groups excluding carboxylic acids is 3. The molecular weight excluding hydrogens is 462 g/mol. The van der Waals surface area contributed by atoms with Crippen molar-refractivity contribution in [3.8, 4) is 0 Å². The lowest BCUT2D eigenvalue weighted by molar-refractivity contribution is -0.146. The first kappa shape index (κ1) is 27.8. The minimum absolute atomic E-state index is 0.0353. The van der Waals surface area contributed by atoms with E-state index in [4.69, 9.17) is 0 Å². The second-order valence-corrected chi connectivity index (χ2v) is 13.4. The SMILES string of the molecule is C=CCN(C)C(=O)[C@H]1[C@H]2C(=O)N(CCCCCO)C(C(=O)N(CC=C)C(C)(C)C)C23CC[C@]1(C)S3. The smallest absolute Gasteiger partial charge is 0.247 e. The number of aliphatic hydroxyl groups is 1. The number of likely N-dealkylation sites (N-methyl/N-ethyl adjacent to an activating group) is 1. The maximum atomic E-state index is 14.3. The molecule has 3 aliphatic rings. The van der Waals surface area contributed by atoms with Crippen molar-refractivity contribution in [2.45, 2.75) is 80.9 Å². The first-order valence-electron chi connectivity index (χ1n) is 12.8. The van der Waals surface area contributed by atoms with Gasteiger partial charge in [-0.05, 0) is 59.8 Å². The van der Waals surface area contributed by atoms with Gasteiger partial charge in [-0.25, -0.2) is 0 Å². The molecule has 8 heteroatoms. The van der Waals surface area contributed by atoms with E-state index < -0.39 is 28.2 Å².